The van der Waals surface area contributed by atoms with Crippen LogP contribution in [0.4, 0.5) is 0 Å². The van der Waals surface area contributed by atoms with Gasteiger partial charge in [0.2, 0.25) is 0 Å². The van der Waals surface area contributed by atoms with E-state index in [0.29, 0.717) is 12.1 Å². The highest BCUT2D eigenvalue weighted by Gasteiger charge is 2.17. The molecule has 4 nitrogen and oxygen atoms in total. The van der Waals surface area contributed by atoms with Crippen LogP contribution in [0.2, 0.25) is 0 Å². The first-order chi connectivity index (χ1) is 8.56. The van der Waals surface area contributed by atoms with Gasteiger partial charge >= 0.3 is 0 Å². The molecule has 1 fully saturated rings. The van der Waals surface area contributed by atoms with E-state index in [-0.39, 0.29) is 11.5 Å². The number of carbonyl (C=O) groups is 1. The van der Waals surface area contributed by atoms with E-state index in [0.717, 1.165) is 29.7 Å². The van der Waals surface area contributed by atoms with Gasteiger partial charge in [0, 0.05) is 31.7 Å². The topological polar surface area (TPSA) is 43.8 Å². The standard InChI is InChI=1S/C13H17IN2O2/c1-15-4-6-16(7-5-15)9-13(18)10-2-3-12(17)11(14)8-10/h2-3,8,17H,4-7,9H2,1H3. The van der Waals surface area contributed by atoms with Crippen LogP contribution >= 0.6 is 22.6 Å². The Morgan fingerprint density at radius 3 is 2.61 bits per heavy atom. The van der Waals surface area contributed by atoms with Crippen LogP contribution in [0.25, 0.3) is 0 Å². The van der Waals surface area contributed by atoms with Crippen LogP contribution in [0.15, 0.2) is 18.2 Å². The first-order valence-corrected chi connectivity index (χ1v) is 7.07. The first kappa shape index (κ1) is 13.8. The lowest BCUT2D eigenvalue weighted by molar-refractivity contribution is 0.0876. The molecule has 1 heterocycles. The zero-order valence-electron chi connectivity index (χ0n) is 10.4. The van der Waals surface area contributed by atoms with Crippen LogP contribution in [0.5, 0.6) is 5.75 Å². The van der Waals surface area contributed by atoms with Crippen molar-refractivity contribution in [3.8, 4) is 5.75 Å². The summed E-state index contributed by atoms with van der Waals surface area (Å²) in [5, 5.41) is 9.44. The fourth-order valence-corrected chi connectivity index (χ4v) is 2.50. The van der Waals surface area contributed by atoms with Gasteiger partial charge in [-0.05, 0) is 47.8 Å². The van der Waals surface area contributed by atoms with E-state index in [1.165, 1.54) is 0 Å². The van der Waals surface area contributed by atoms with Crippen LogP contribution in [0, 0.1) is 3.57 Å². The number of hydrogen-bond donors (Lipinski definition) is 1. The number of Topliss-reactive ketones (excluding diaryl/α,β-unsaturated/α-hetero) is 1. The molecule has 0 unspecified atom stereocenters. The zero-order valence-corrected chi connectivity index (χ0v) is 12.6. The average molecular weight is 360 g/mol. The van der Waals surface area contributed by atoms with Crippen molar-refractivity contribution < 1.29 is 9.90 Å². The van der Waals surface area contributed by atoms with Gasteiger partial charge < -0.3 is 10.0 Å². The molecule has 0 aliphatic carbocycles. The van der Waals surface area contributed by atoms with E-state index in [1.807, 2.05) is 22.6 Å². The summed E-state index contributed by atoms with van der Waals surface area (Å²) in [4.78, 5) is 16.6. The molecule has 18 heavy (non-hydrogen) atoms. The molecule has 1 aliphatic rings. The largest absolute Gasteiger partial charge is 0.507 e. The van der Waals surface area contributed by atoms with E-state index in [9.17, 15) is 9.90 Å². The number of ketones is 1. The highest BCUT2D eigenvalue weighted by Crippen LogP contribution is 2.20. The lowest BCUT2D eigenvalue weighted by Crippen LogP contribution is -2.46. The van der Waals surface area contributed by atoms with Crippen LogP contribution in [0.1, 0.15) is 10.4 Å². The van der Waals surface area contributed by atoms with Gasteiger partial charge in [-0.1, -0.05) is 0 Å². The van der Waals surface area contributed by atoms with E-state index < -0.39 is 0 Å². The van der Waals surface area contributed by atoms with Gasteiger partial charge in [-0.15, -0.1) is 0 Å². The molecule has 0 saturated carbocycles. The Balaban J connectivity index is 1.97. The summed E-state index contributed by atoms with van der Waals surface area (Å²) in [7, 11) is 2.10. The third kappa shape index (κ3) is 3.43. The van der Waals surface area contributed by atoms with Crippen LogP contribution in [-0.4, -0.2) is 60.5 Å². The van der Waals surface area contributed by atoms with Crippen molar-refractivity contribution in [3.05, 3.63) is 27.3 Å². The molecular formula is C13H17IN2O2. The predicted molar refractivity (Wildman–Crippen MR) is 79.1 cm³/mol. The van der Waals surface area contributed by atoms with Crippen molar-refractivity contribution in [3.63, 3.8) is 0 Å². The first-order valence-electron chi connectivity index (χ1n) is 5.99. The number of aromatic hydroxyl groups is 1. The quantitative estimate of drug-likeness (QED) is 0.654. The van der Waals surface area contributed by atoms with E-state index in [2.05, 4.69) is 16.8 Å². The summed E-state index contributed by atoms with van der Waals surface area (Å²) in [6.45, 7) is 4.38. The number of phenolic OH excluding ortho intramolecular Hbond substituents is 1. The van der Waals surface area contributed by atoms with Crippen molar-refractivity contribution in [1.82, 2.24) is 9.80 Å². The molecule has 5 heteroatoms. The SMILES string of the molecule is CN1CCN(CC(=O)c2ccc(O)c(I)c2)CC1. The van der Waals surface area contributed by atoms with Crippen molar-refractivity contribution in [2.24, 2.45) is 0 Å². The fraction of sp³-hybridized carbons (Fsp3) is 0.462. The van der Waals surface area contributed by atoms with Gasteiger partial charge in [0.1, 0.15) is 5.75 Å². The Bertz CT molecular complexity index is 443. The highest BCUT2D eigenvalue weighted by molar-refractivity contribution is 14.1. The smallest absolute Gasteiger partial charge is 0.176 e. The van der Waals surface area contributed by atoms with Crippen LogP contribution < -0.4 is 0 Å². The number of benzene rings is 1. The average Bonchev–Trinajstić information content (AvgIpc) is 2.35. The zero-order chi connectivity index (χ0) is 13.1. The number of nitrogens with zero attached hydrogens (tertiary/aromatic N) is 2. The maximum absolute atomic E-state index is 12.1. The van der Waals surface area contributed by atoms with Gasteiger partial charge in [-0.25, -0.2) is 0 Å². The molecule has 0 aromatic heterocycles. The Labute approximate surface area is 121 Å². The van der Waals surface area contributed by atoms with Crippen LogP contribution in [-0.2, 0) is 0 Å². The Kier molecular flexibility index (Phi) is 4.58. The highest BCUT2D eigenvalue weighted by atomic mass is 127. The predicted octanol–water partition coefficient (Wildman–Crippen LogP) is 1.43. The normalized spacial score (nSPS) is 17.9. The molecule has 0 amide bonds. The molecule has 0 radical (unpaired) electrons. The van der Waals surface area contributed by atoms with Crippen molar-refractivity contribution >= 4 is 28.4 Å². The van der Waals surface area contributed by atoms with E-state index in [4.69, 9.17) is 0 Å². The number of hydrogen-bond acceptors (Lipinski definition) is 4. The maximum atomic E-state index is 12.1. The third-order valence-corrected chi connectivity index (χ3v) is 4.10. The summed E-state index contributed by atoms with van der Waals surface area (Å²) < 4.78 is 0.719. The summed E-state index contributed by atoms with van der Waals surface area (Å²) in [6.07, 6.45) is 0. The number of piperazine rings is 1. The van der Waals surface area contributed by atoms with E-state index >= 15 is 0 Å². The Morgan fingerprint density at radius 1 is 1.33 bits per heavy atom. The van der Waals surface area contributed by atoms with Gasteiger partial charge in [0.15, 0.2) is 5.78 Å². The summed E-state index contributed by atoms with van der Waals surface area (Å²) in [5.41, 5.74) is 0.677. The number of likely N-dealkylation sites (N-methyl/N-ethyl adjacent to an activating group) is 1. The molecule has 1 saturated heterocycles. The van der Waals surface area contributed by atoms with Crippen LogP contribution in [0.3, 0.4) is 0 Å². The minimum atomic E-state index is 0.123. The molecule has 98 valence electrons. The van der Waals surface area contributed by atoms with Gasteiger partial charge in [0.25, 0.3) is 0 Å². The number of rotatable bonds is 3. The van der Waals surface area contributed by atoms with Crippen molar-refractivity contribution in [1.29, 1.82) is 0 Å². The number of carbonyl (C=O) groups excluding carboxylic acids is 1. The molecule has 1 aromatic carbocycles. The molecule has 1 N–H and O–H groups in total. The number of halogens is 1. The second-order valence-corrected chi connectivity index (χ2v) is 5.83. The molecular weight excluding hydrogens is 343 g/mol. The number of phenols is 1. The minimum absolute atomic E-state index is 0.123. The second-order valence-electron chi connectivity index (χ2n) is 4.67. The molecule has 0 bridgehead atoms. The summed E-state index contributed by atoms with van der Waals surface area (Å²) >= 11 is 2.03. The van der Waals surface area contributed by atoms with E-state index in [1.54, 1.807) is 18.2 Å². The minimum Gasteiger partial charge on any atom is -0.507 e. The second kappa shape index (κ2) is 5.99. The maximum Gasteiger partial charge on any atom is 0.176 e. The Morgan fingerprint density at radius 2 is 2.00 bits per heavy atom. The molecule has 1 aliphatic heterocycles. The summed E-state index contributed by atoms with van der Waals surface area (Å²) in [5.74, 6) is 0.351. The Hall–Kier alpha value is -0.660. The van der Waals surface area contributed by atoms with Crippen molar-refractivity contribution in [2.75, 3.05) is 39.8 Å². The molecule has 0 spiro atoms. The van der Waals surface area contributed by atoms with Gasteiger partial charge in [0.05, 0.1) is 10.1 Å². The van der Waals surface area contributed by atoms with Gasteiger partial charge in [-0.3, -0.25) is 9.69 Å². The lowest BCUT2D eigenvalue weighted by atomic mass is 10.1. The van der Waals surface area contributed by atoms with Gasteiger partial charge in [-0.2, -0.15) is 0 Å². The monoisotopic (exact) mass is 360 g/mol. The molecule has 1 aromatic rings. The lowest BCUT2D eigenvalue weighted by Gasteiger charge is -2.31. The molecule has 0 atom stereocenters. The third-order valence-electron chi connectivity index (χ3n) is 3.23. The fourth-order valence-electron chi connectivity index (χ4n) is 1.98. The summed E-state index contributed by atoms with van der Waals surface area (Å²) in [6, 6.07) is 5.02. The molecule has 2 rings (SSSR count). The van der Waals surface area contributed by atoms with Crippen molar-refractivity contribution in [2.45, 2.75) is 0 Å².